The number of methoxy groups -OCH3 is 1. The van der Waals surface area contributed by atoms with Crippen LogP contribution < -0.4 is 10.1 Å². The van der Waals surface area contributed by atoms with E-state index in [0.29, 0.717) is 13.1 Å². The Morgan fingerprint density at radius 3 is 2.67 bits per heavy atom. The van der Waals surface area contributed by atoms with Crippen LogP contribution in [0.1, 0.15) is 18.4 Å². The van der Waals surface area contributed by atoms with E-state index in [0.717, 1.165) is 17.7 Å². The molecule has 0 saturated carbocycles. The molecular weight excluding hydrogens is 243 g/mol. The Hall–Kier alpha value is -1.23. The van der Waals surface area contributed by atoms with Gasteiger partial charge in [-0.2, -0.15) is 13.2 Å². The predicted molar refractivity (Wildman–Crippen MR) is 64.9 cm³/mol. The number of ether oxygens (including phenoxy) is 1. The van der Waals surface area contributed by atoms with Crippen molar-refractivity contribution in [2.45, 2.75) is 25.4 Å². The van der Waals surface area contributed by atoms with Gasteiger partial charge in [-0.25, -0.2) is 0 Å². The van der Waals surface area contributed by atoms with Crippen molar-refractivity contribution in [1.29, 1.82) is 0 Å². The predicted octanol–water partition coefficient (Wildman–Crippen LogP) is 3.17. The first-order valence-electron chi connectivity index (χ1n) is 5.91. The average Bonchev–Trinajstić information content (AvgIpc) is 2.32. The molecule has 1 rings (SSSR count). The highest BCUT2D eigenvalue weighted by molar-refractivity contribution is 5.28. The number of alkyl halides is 3. The Balaban J connectivity index is 2.14. The fraction of sp³-hybridized carbons (Fsp3) is 0.538. The van der Waals surface area contributed by atoms with Crippen LogP contribution in [0.3, 0.4) is 0 Å². The number of halogens is 3. The minimum Gasteiger partial charge on any atom is -0.497 e. The van der Waals surface area contributed by atoms with Crippen molar-refractivity contribution in [3.63, 3.8) is 0 Å². The molecule has 1 aromatic carbocycles. The molecule has 0 amide bonds. The van der Waals surface area contributed by atoms with Gasteiger partial charge in [-0.15, -0.1) is 0 Å². The van der Waals surface area contributed by atoms with Crippen molar-refractivity contribution in [3.8, 4) is 5.75 Å². The van der Waals surface area contributed by atoms with Gasteiger partial charge in [0.2, 0.25) is 0 Å². The van der Waals surface area contributed by atoms with Gasteiger partial charge in [-0.05, 0) is 43.6 Å². The van der Waals surface area contributed by atoms with Crippen molar-refractivity contribution in [1.82, 2.24) is 5.32 Å². The minimum atomic E-state index is -4.05. The molecule has 0 aliphatic rings. The number of hydrogen-bond donors (Lipinski definition) is 1. The van der Waals surface area contributed by atoms with Gasteiger partial charge in [0.05, 0.1) is 7.11 Å². The molecule has 0 unspecified atom stereocenters. The Morgan fingerprint density at radius 2 is 2.00 bits per heavy atom. The molecule has 1 N–H and O–H groups in total. The van der Waals surface area contributed by atoms with Crippen LogP contribution in [0.5, 0.6) is 5.75 Å². The maximum Gasteiger partial charge on any atom is 0.389 e. The zero-order chi connectivity index (χ0) is 13.4. The molecule has 0 spiro atoms. The fourth-order valence-corrected chi connectivity index (χ4v) is 1.60. The molecule has 0 radical (unpaired) electrons. The van der Waals surface area contributed by atoms with Gasteiger partial charge >= 0.3 is 6.18 Å². The smallest absolute Gasteiger partial charge is 0.389 e. The summed E-state index contributed by atoms with van der Waals surface area (Å²) in [6, 6.07) is 7.66. The molecule has 0 heterocycles. The van der Waals surface area contributed by atoms with E-state index in [9.17, 15) is 13.2 Å². The summed E-state index contributed by atoms with van der Waals surface area (Å²) in [5.74, 6) is 0.796. The Bertz CT molecular complexity index is 352. The maximum absolute atomic E-state index is 11.9. The molecule has 1 aromatic rings. The van der Waals surface area contributed by atoms with E-state index in [4.69, 9.17) is 4.74 Å². The van der Waals surface area contributed by atoms with Crippen LogP contribution in [0, 0.1) is 0 Å². The standard InChI is InChI=1S/C13H18F3NO/c1-18-12-5-2-4-11(10-12)6-9-17-8-3-7-13(14,15)16/h2,4-5,10,17H,3,6-9H2,1H3. The molecule has 0 saturated heterocycles. The number of benzene rings is 1. The van der Waals surface area contributed by atoms with Crippen molar-refractivity contribution in [3.05, 3.63) is 29.8 Å². The molecule has 18 heavy (non-hydrogen) atoms. The lowest BCUT2D eigenvalue weighted by Gasteiger charge is -2.08. The van der Waals surface area contributed by atoms with E-state index in [2.05, 4.69) is 5.32 Å². The van der Waals surface area contributed by atoms with Crippen LogP contribution in [0.15, 0.2) is 24.3 Å². The largest absolute Gasteiger partial charge is 0.497 e. The summed E-state index contributed by atoms with van der Waals surface area (Å²) in [6.07, 6.45) is -3.86. The summed E-state index contributed by atoms with van der Waals surface area (Å²) in [6.45, 7) is 1.06. The lowest BCUT2D eigenvalue weighted by atomic mass is 10.1. The van der Waals surface area contributed by atoms with Gasteiger partial charge < -0.3 is 10.1 Å². The third-order valence-electron chi connectivity index (χ3n) is 2.54. The minimum absolute atomic E-state index is 0.127. The second-order valence-electron chi connectivity index (χ2n) is 4.07. The second-order valence-corrected chi connectivity index (χ2v) is 4.07. The summed E-state index contributed by atoms with van der Waals surface area (Å²) in [5.41, 5.74) is 1.11. The first kappa shape index (κ1) is 14.8. The number of nitrogens with one attached hydrogen (secondary N) is 1. The molecule has 0 fully saturated rings. The third-order valence-corrected chi connectivity index (χ3v) is 2.54. The highest BCUT2D eigenvalue weighted by atomic mass is 19.4. The van der Waals surface area contributed by atoms with E-state index in [1.807, 2.05) is 24.3 Å². The van der Waals surface area contributed by atoms with Crippen LogP contribution in [0.4, 0.5) is 13.2 Å². The Labute approximate surface area is 105 Å². The van der Waals surface area contributed by atoms with Crippen molar-refractivity contribution < 1.29 is 17.9 Å². The van der Waals surface area contributed by atoms with E-state index in [-0.39, 0.29) is 6.42 Å². The molecule has 0 atom stereocenters. The topological polar surface area (TPSA) is 21.3 Å². The summed E-state index contributed by atoms with van der Waals surface area (Å²) in [4.78, 5) is 0. The lowest BCUT2D eigenvalue weighted by Crippen LogP contribution is -2.20. The molecule has 5 heteroatoms. The Kier molecular flexibility index (Phi) is 5.98. The van der Waals surface area contributed by atoms with Crippen molar-refractivity contribution in [2.24, 2.45) is 0 Å². The summed E-state index contributed by atoms with van der Waals surface area (Å²) in [7, 11) is 1.61. The molecule has 102 valence electrons. The van der Waals surface area contributed by atoms with Gasteiger partial charge in [0.1, 0.15) is 5.75 Å². The SMILES string of the molecule is COc1cccc(CCNCCCC(F)(F)F)c1. The first-order chi connectivity index (χ1) is 8.51. The van der Waals surface area contributed by atoms with Gasteiger partial charge in [0, 0.05) is 6.42 Å². The lowest BCUT2D eigenvalue weighted by molar-refractivity contribution is -0.135. The summed E-state index contributed by atoms with van der Waals surface area (Å²) in [5, 5.41) is 3.00. The van der Waals surface area contributed by atoms with Gasteiger partial charge in [0.15, 0.2) is 0 Å². The number of rotatable bonds is 7. The summed E-state index contributed by atoms with van der Waals surface area (Å²) < 4.78 is 40.7. The van der Waals surface area contributed by atoms with E-state index < -0.39 is 12.6 Å². The summed E-state index contributed by atoms with van der Waals surface area (Å²) >= 11 is 0. The highest BCUT2D eigenvalue weighted by Crippen LogP contribution is 2.20. The van der Waals surface area contributed by atoms with Gasteiger partial charge in [-0.1, -0.05) is 12.1 Å². The molecule has 0 aromatic heterocycles. The molecular formula is C13H18F3NO. The monoisotopic (exact) mass is 261 g/mol. The van der Waals surface area contributed by atoms with Crippen LogP contribution in [0.2, 0.25) is 0 Å². The Morgan fingerprint density at radius 1 is 1.22 bits per heavy atom. The normalized spacial score (nSPS) is 11.6. The first-order valence-corrected chi connectivity index (χ1v) is 5.91. The molecule has 0 bridgehead atoms. The molecule has 0 aliphatic carbocycles. The average molecular weight is 261 g/mol. The van der Waals surface area contributed by atoms with Gasteiger partial charge in [0.25, 0.3) is 0 Å². The van der Waals surface area contributed by atoms with Crippen LogP contribution in [-0.4, -0.2) is 26.4 Å². The zero-order valence-corrected chi connectivity index (χ0v) is 10.4. The van der Waals surface area contributed by atoms with E-state index in [1.54, 1.807) is 7.11 Å². The van der Waals surface area contributed by atoms with E-state index >= 15 is 0 Å². The fourth-order valence-electron chi connectivity index (χ4n) is 1.60. The van der Waals surface area contributed by atoms with Gasteiger partial charge in [-0.3, -0.25) is 0 Å². The third kappa shape index (κ3) is 6.49. The quantitative estimate of drug-likeness (QED) is 0.761. The zero-order valence-electron chi connectivity index (χ0n) is 10.4. The van der Waals surface area contributed by atoms with Crippen molar-refractivity contribution >= 4 is 0 Å². The molecule has 2 nitrogen and oxygen atoms in total. The number of hydrogen-bond acceptors (Lipinski definition) is 2. The van der Waals surface area contributed by atoms with Crippen molar-refractivity contribution in [2.75, 3.05) is 20.2 Å². The van der Waals surface area contributed by atoms with Crippen LogP contribution in [0.25, 0.3) is 0 Å². The molecule has 0 aliphatic heterocycles. The van der Waals surface area contributed by atoms with Crippen LogP contribution in [-0.2, 0) is 6.42 Å². The van der Waals surface area contributed by atoms with E-state index in [1.165, 1.54) is 0 Å². The van der Waals surface area contributed by atoms with Crippen LogP contribution >= 0.6 is 0 Å². The highest BCUT2D eigenvalue weighted by Gasteiger charge is 2.25. The maximum atomic E-state index is 11.9. The second kappa shape index (κ2) is 7.26.